The van der Waals surface area contributed by atoms with Gasteiger partial charge in [0.25, 0.3) is 0 Å². The molecule has 0 atom stereocenters. The monoisotopic (exact) mass is 331 g/mol. The maximum atomic E-state index is 5.72. The minimum Gasteiger partial charge on any atom is -0.439 e. The number of rotatable bonds is 2. The van der Waals surface area contributed by atoms with E-state index in [1.807, 2.05) is 24.3 Å². The minimum absolute atomic E-state index is 0.542. The molecule has 0 aliphatic rings. The number of nitrogens with zero attached hydrogens (tertiary/aromatic N) is 1. The highest BCUT2D eigenvalue weighted by Gasteiger charge is 1.97. The van der Waals surface area contributed by atoms with E-state index < -0.39 is 0 Å². The van der Waals surface area contributed by atoms with Crippen LogP contribution in [-0.4, -0.2) is 4.98 Å². The molecule has 2 nitrogen and oxygen atoms in total. The summed E-state index contributed by atoms with van der Waals surface area (Å²) >= 11 is 7.96. The van der Waals surface area contributed by atoms with Crippen molar-refractivity contribution in [1.29, 1.82) is 0 Å². The van der Waals surface area contributed by atoms with Crippen LogP contribution in [0.1, 0.15) is 0 Å². The Morgan fingerprint density at radius 3 is 2.40 bits per heavy atom. The number of ether oxygens (including phenoxy) is 1. The van der Waals surface area contributed by atoms with Crippen molar-refractivity contribution in [1.82, 2.24) is 4.98 Å². The van der Waals surface area contributed by atoms with E-state index in [0.717, 1.165) is 5.75 Å². The van der Waals surface area contributed by atoms with E-state index in [1.165, 1.54) is 3.57 Å². The zero-order chi connectivity index (χ0) is 10.7. The number of pyridine rings is 1. The summed E-state index contributed by atoms with van der Waals surface area (Å²) in [5.41, 5.74) is 0. The van der Waals surface area contributed by atoms with Gasteiger partial charge in [0, 0.05) is 15.8 Å². The molecule has 0 spiro atoms. The van der Waals surface area contributed by atoms with Crippen LogP contribution < -0.4 is 4.74 Å². The van der Waals surface area contributed by atoms with Gasteiger partial charge in [0.1, 0.15) is 5.75 Å². The molecule has 0 fully saturated rings. The molecule has 1 heterocycles. The second-order valence-electron chi connectivity index (χ2n) is 2.87. The van der Waals surface area contributed by atoms with E-state index in [0.29, 0.717) is 10.9 Å². The topological polar surface area (TPSA) is 22.1 Å². The van der Waals surface area contributed by atoms with Crippen LogP contribution in [0.15, 0.2) is 42.6 Å². The fraction of sp³-hybridized carbons (Fsp3) is 0. The number of halogens is 2. The van der Waals surface area contributed by atoms with Gasteiger partial charge in [-0.05, 0) is 52.9 Å². The molecule has 0 saturated carbocycles. The summed E-state index contributed by atoms with van der Waals surface area (Å²) in [6, 6.07) is 11.2. The third-order valence-electron chi connectivity index (χ3n) is 1.74. The van der Waals surface area contributed by atoms with E-state index in [4.69, 9.17) is 16.3 Å². The summed E-state index contributed by atoms with van der Waals surface area (Å²) < 4.78 is 6.69. The van der Waals surface area contributed by atoms with E-state index in [9.17, 15) is 0 Å². The van der Waals surface area contributed by atoms with Gasteiger partial charge in [-0.2, -0.15) is 0 Å². The second-order valence-corrected chi connectivity index (χ2v) is 4.55. The minimum atomic E-state index is 0.542. The zero-order valence-electron chi connectivity index (χ0n) is 7.65. The fourth-order valence-corrected chi connectivity index (χ4v) is 1.52. The molecule has 4 heteroatoms. The molecule has 0 N–H and O–H groups in total. The Labute approximate surface area is 106 Å². The van der Waals surface area contributed by atoms with Crippen LogP contribution in [0.25, 0.3) is 0 Å². The van der Waals surface area contributed by atoms with Gasteiger partial charge in [-0.3, -0.25) is 0 Å². The lowest BCUT2D eigenvalue weighted by Crippen LogP contribution is -1.86. The Hall–Kier alpha value is -0.810. The summed E-state index contributed by atoms with van der Waals surface area (Å²) in [5.74, 6) is 1.31. The van der Waals surface area contributed by atoms with Crippen molar-refractivity contribution in [2.75, 3.05) is 0 Å². The molecule has 0 aliphatic heterocycles. The molecule has 0 bridgehead atoms. The molecule has 15 heavy (non-hydrogen) atoms. The predicted molar refractivity (Wildman–Crippen MR) is 68.5 cm³/mol. The third kappa shape index (κ3) is 3.07. The van der Waals surface area contributed by atoms with Gasteiger partial charge in [-0.15, -0.1) is 0 Å². The maximum Gasteiger partial charge on any atom is 0.219 e. The molecule has 0 saturated heterocycles. The average molecular weight is 332 g/mol. The first kappa shape index (κ1) is 10.7. The van der Waals surface area contributed by atoms with Crippen molar-refractivity contribution >= 4 is 34.2 Å². The van der Waals surface area contributed by atoms with E-state index in [1.54, 1.807) is 18.3 Å². The van der Waals surface area contributed by atoms with E-state index >= 15 is 0 Å². The Morgan fingerprint density at radius 2 is 1.80 bits per heavy atom. The molecule has 1 aromatic carbocycles. The Bertz CT molecular complexity index is 398. The highest BCUT2D eigenvalue weighted by Crippen LogP contribution is 2.21. The van der Waals surface area contributed by atoms with Gasteiger partial charge in [0.05, 0.1) is 5.02 Å². The van der Waals surface area contributed by atoms with Crippen LogP contribution in [0.2, 0.25) is 5.02 Å². The normalized spacial score (nSPS) is 10.0. The maximum absolute atomic E-state index is 5.72. The van der Waals surface area contributed by atoms with Crippen molar-refractivity contribution in [2.24, 2.45) is 0 Å². The van der Waals surface area contributed by atoms with Crippen LogP contribution in [0, 0.1) is 3.57 Å². The van der Waals surface area contributed by atoms with Crippen LogP contribution in [-0.2, 0) is 0 Å². The third-order valence-corrected chi connectivity index (χ3v) is 2.68. The Balaban J connectivity index is 2.15. The lowest BCUT2D eigenvalue weighted by molar-refractivity contribution is 0.463. The van der Waals surface area contributed by atoms with Crippen LogP contribution in [0.5, 0.6) is 11.6 Å². The van der Waals surface area contributed by atoms with Crippen molar-refractivity contribution in [2.45, 2.75) is 0 Å². The van der Waals surface area contributed by atoms with E-state index in [2.05, 4.69) is 27.6 Å². The quantitative estimate of drug-likeness (QED) is 0.772. The lowest BCUT2D eigenvalue weighted by Gasteiger charge is -2.03. The summed E-state index contributed by atoms with van der Waals surface area (Å²) in [5, 5.41) is 0.602. The fourth-order valence-electron chi connectivity index (χ4n) is 1.05. The molecule has 1 aromatic heterocycles. The molecule has 0 amide bonds. The summed E-state index contributed by atoms with van der Waals surface area (Å²) in [7, 11) is 0. The number of benzene rings is 1. The van der Waals surface area contributed by atoms with Crippen LogP contribution in [0.3, 0.4) is 0 Å². The van der Waals surface area contributed by atoms with Crippen LogP contribution in [0.4, 0.5) is 0 Å². The summed E-state index contributed by atoms with van der Waals surface area (Å²) in [6.45, 7) is 0. The molecule has 0 radical (unpaired) electrons. The second kappa shape index (κ2) is 4.81. The van der Waals surface area contributed by atoms with Gasteiger partial charge in [-0.1, -0.05) is 11.6 Å². The highest BCUT2D eigenvalue weighted by molar-refractivity contribution is 14.1. The zero-order valence-corrected chi connectivity index (χ0v) is 10.6. The van der Waals surface area contributed by atoms with Crippen molar-refractivity contribution in [3.05, 3.63) is 51.2 Å². The largest absolute Gasteiger partial charge is 0.439 e. The first-order valence-corrected chi connectivity index (χ1v) is 5.75. The summed E-state index contributed by atoms with van der Waals surface area (Å²) in [4.78, 5) is 4.04. The van der Waals surface area contributed by atoms with Gasteiger partial charge in [-0.25, -0.2) is 4.98 Å². The lowest BCUT2D eigenvalue weighted by atomic mass is 10.3. The van der Waals surface area contributed by atoms with Crippen molar-refractivity contribution in [3.8, 4) is 11.6 Å². The Morgan fingerprint density at radius 1 is 1.07 bits per heavy atom. The predicted octanol–water partition coefficient (Wildman–Crippen LogP) is 4.13. The first-order valence-electron chi connectivity index (χ1n) is 4.29. The van der Waals surface area contributed by atoms with Gasteiger partial charge in [0.2, 0.25) is 5.88 Å². The van der Waals surface area contributed by atoms with Gasteiger partial charge in [0.15, 0.2) is 0 Å². The molecular weight excluding hydrogens is 324 g/mol. The van der Waals surface area contributed by atoms with Crippen molar-refractivity contribution < 1.29 is 4.74 Å². The average Bonchev–Trinajstić information content (AvgIpc) is 2.25. The summed E-state index contributed by atoms with van der Waals surface area (Å²) in [6.07, 6.45) is 1.56. The molecule has 76 valence electrons. The van der Waals surface area contributed by atoms with Crippen molar-refractivity contribution in [3.63, 3.8) is 0 Å². The van der Waals surface area contributed by atoms with E-state index in [-0.39, 0.29) is 0 Å². The van der Waals surface area contributed by atoms with Gasteiger partial charge >= 0.3 is 0 Å². The standard InChI is InChI=1S/C11H7ClINO/c12-8-1-6-11(14-7-8)15-10-4-2-9(13)3-5-10/h1-7H. The SMILES string of the molecule is Clc1ccc(Oc2ccc(I)cc2)nc1. The molecule has 2 rings (SSSR count). The Kier molecular flexibility index (Phi) is 3.43. The number of hydrogen-bond acceptors (Lipinski definition) is 2. The molecule has 0 unspecified atom stereocenters. The molecule has 0 aliphatic carbocycles. The highest BCUT2D eigenvalue weighted by atomic mass is 127. The van der Waals surface area contributed by atoms with Gasteiger partial charge < -0.3 is 4.74 Å². The number of aromatic nitrogens is 1. The molecular formula is C11H7ClINO. The first-order chi connectivity index (χ1) is 7.24. The number of hydrogen-bond donors (Lipinski definition) is 0. The van der Waals surface area contributed by atoms with Crippen LogP contribution >= 0.6 is 34.2 Å². The molecule has 2 aromatic rings. The smallest absolute Gasteiger partial charge is 0.219 e.